The molecule has 0 radical (unpaired) electrons. The third-order valence-electron chi connectivity index (χ3n) is 8.31. The standard InChI is InChI=1S/C36H42FN7O12/c37-21-5-3-4-19(14-21)15-26(42-29(46)18-40-34(54)25(9-12-31(49)50)41-28(45)10-13-32(51)52)35(55)44-27(16-20-17-39-23-7-2-1-6-22(20)23)36(56)43-24(33(38)53)8-11-30(47)48/h1-7,14,17,24-27,39H,8-13,15-16,18H2,(H2,38,53)(H,40,54)(H,41,45)(H,42,46)(H,43,56)(H,44,55)(H,47,48)(H,49,50)(H,51,52)/t24-,25-,26-,27-/m0/s1. The molecule has 0 aliphatic rings. The summed E-state index contributed by atoms with van der Waals surface area (Å²) in [6, 6.07) is 6.27. The fraction of sp³-hybridized carbons (Fsp3) is 0.361. The molecule has 3 aromatic rings. The van der Waals surface area contributed by atoms with Crippen LogP contribution in [0.15, 0.2) is 54.7 Å². The second kappa shape index (κ2) is 21.1. The number of benzene rings is 2. The monoisotopic (exact) mass is 783 g/mol. The summed E-state index contributed by atoms with van der Waals surface area (Å²) in [6.45, 7) is -0.802. The van der Waals surface area contributed by atoms with Crippen LogP contribution in [-0.2, 0) is 56.0 Å². The van der Waals surface area contributed by atoms with Crippen LogP contribution in [0.5, 0.6) is 0 Å². The van der Waals surface area contributed by atoms with Gasteiger partial charge in [-0.1, -0.05) is 30.3 Å². The first-order valence-corrected chi connectivity index (χ1v) is 17.2. The van der Waals surface area contributed by atoms with Crippen molar-refractivity contribution in [1.82, 2.24) is 31.6 Å². The van der Waals surface area contributed by atoms with E-state index in [9.17, 15) is 47.5 Å². The number of carbonyl (C=O) groups is 9. The molecule has 6 amide bonds. The molecule has 1 aromatic heterocycles. The number of carboxylic acid groups (broad SMARTS) is 3. The van der Waals surface area contributed by atoms with Gasteiger partial charge in [0.1, 0.15) is 30.0 Å². The Hall–Kier alpha value is -6.86. The van der Waals surface area contributed by atoms with E-state index in [2.05, 4.69) is 31.6 Å². The summed E-state index contributed by atoms with van der Waals surface area (Å²) in [5, 5.41) is 39.5. The molecule has 0 saturated carbocycles. The molecule has 1 heterocycles. The summed E-state index contributed by atoms with van der Waals surface area (Å²) in [5.74, 6) is -10.2. The lowest BCUT2D eigenvalue weighted by atomic mass is 10.0. The van der Waals surface area contributed by atoms with Crippen LogP contribution in [0.2, 0.25) is 0 Å². The number of aromatic amines is 1. The Labute approximate surface area is 317 Å². The Balaban J connectivity index is 1.84. The third kappa shape index (κ3) is 14.5. The summed E-state index contributed by atoms with van der Waals surface area (Å²) in [4.78, 5) is 114. The van der Waals surface area contributed by atoms with E-state index < -0.39 is 122 Å². The molecule has 0 saturated heterocycles. The molecule has 4 atom stereocenters. The number of aromatic nitrogens is 1. The highest BCUT2D eigenvalue weighted by atomic mass is 19.1. The van der Waals surface area contributed by atoms with E-state index in [1.165, 1.54) is 12.1 Å². The van der Waals surface area contributed by atoms with Gasteiger partial charge in [0.2, 0.25) is 35.4 Å². The second-order valence-corrected chi connectivity index (χ2v) is 12.6. The summed E-state index contributed by atoms with van der Waals surface area (Å²) in [5.41, 5.74) is 6.92. The largest absolute Gasteiger partial charge is 0.481 e. The molecule has 0 unspecified atom stereocenters. The van der Waals surface area contributed by atoms with E-state index in [1.807, 2.05) is 0 Å². The van der Waals surface area contributed by atoms with E-state index >= 15 is 0 Å². The van der Waals surface area contributed by atoms with Gasteiger partial charge in [0.15, 0.2) is 0 Å². The molecule has 11 N–H and O–H groups in total. The number of nitrogens with one attached hydrogen (secondary N) is 6. The molecule has 0 fully saturated rings. The number of H-pyrrole nitrogens is 1. The summed E-state index contributed by atoms with van der Waals surface area (Å²) in [7, 11) is 0. The van der Waals surface area contributed by atoms with E-state index in [0.29, 0.717) is 16.5 Å². The number of nitrogens with two attached hydrogens (primary N) is 1. The van der Waals surface area contributed by atoms with Crippen molar-refractivity contribution in [2.24, 2.45) is 5.73 Å². The predicted octanol–water partition coefficient (Wildman–Crippen LogP) is -0.773. The van der Waals surface area contributed by atoms with Crippen LogP contribution >= 0.6 is 0 Å². The zero-order valence-electron chi connectivity index (χ0n) is 29.8. The zero-order chi connectivity index (χ0) is 41.4. The van der Waals surface area contributed by atoms with Gasteiger partial charge in [0.25, 0.3) is 0 Å². The molecule has 0 aliphatic carbocycles. The van der Waals surface area contributed by atoms with Gasteiger partial charge in [-0.3, -0.25) is 43.2 Å². The minimum atomic E-state index is -1.52. The highest BCUT2D eigenvalue weighted by Crippen LogP contribution is 2.20. The number of carbonyl (C=O) groups excluding carboxylic acids is 6. The second-order valence-electron chi connectivity index (χ2n) is 12.6. The van der Waals surface area contributed by atoms with E-state index in [-0.39, 0.29) is 24.8 Å². The average Bonchev–Trinajstić information content (AvgIpc) is 3.54. The van der Waals surface area contributed by atoms with E-state index in [4.69, 9.17) is 21.1 Å². The number of rotatable bonds is 23. The van der Waals surface area contributed by atoms with Crippen molar-refractivity contribution in [2.45, 2.75) is 75.5 Å². The van der Waals surface area contributed by atoms with Gasteiger partial charge >= 0.3 is 17.9 Å². The van der Waals surface area contributed by atoms with Crippen LogP contribution < -0.4 is 32.3 Å². The summed E-state index contributed by atoms with van der Waals surface area (Å²) >= 11 is 0. The number of primary amides is 1. The van der Waals surface area contributed by atoms with E-state index in [1.54, 1.807) is 30.5 Å². The number of hydrogen-bond donors (Lipinski definition) is 10. The molecule has 20 heteroatoms. The SMILES string of the molecule is NC(=O)[C@H](CCC(=O)O)NC(=O)[C@H](Cc1c[nH]c2ccccc12)NC(=O)[C@H](Cc1cccc(F)c1)NC(=O)CNC(=O)[C@H](CCC(=O)O)NC(=O)CCC(=O)O. The minimum Gasteiger partial charge on any atom is -0.481 e. The number of aliphatic carboxylic acids is 3. The number of carboxylic acids is 3. The first kappa shape index (κ1) is 43.5. The predicted molar refractivity (Wildman–Crippen MR) is 193 cm³/mol. The highest BCUT2D eigenvalue weighted by Gasteiger charge is 2.31. The van der Waals surface area contributed by atoms with Crippen LogP contribution in [0.1, 0.15) is 49.7 Å². The number of hydrogen-bond acceptors (Lipinski definition) is 9. The molecule has 0 bridgehead atoms. The Bertz CT molecular complexity index is 1950. The Morgan fingerprint density at radius 3 is 1.86 bits per heavy atom. The van der Waals surface area contributed by atoms with Crippen molar-refractivity contribution in [3.05, 3.63) is 71.7 Å². The average molecular weight is 784 g/mol. The van der Waals surface area contributed by atoms with Gasteiger partial charge in [-0.2, -0.15) is 0 Å². The minimum absolute atomic E-state index is 0.168. The molecule has 0 aliphatic heterocycles. The maximum absolute atomic E-state index is 14.2. The van der Waals surface area contributed by atoms with Crippen molar-refractivity contribution in [3.8, 4) is 0 Å². The first-order valence-electron chi connectivity index (χ1n) is 17.2. The van der Waals surface area contributed by atoms with Crippen molar-refractivity contribution >= 4 is 64.3 Å². The van der Waals surface area contributed by atoms with Crippen LogP contribution in [0.4, 0.5) is 4.39 Å². The van der Waals surface area contributed by atoms with Gasteiger partial charge < -0.3 is 52.6 Å². The van der Waals surface area contributed by atoms with Gasteiger partial charge in [-0.05, 0) is 42.2 Å². The highest BCUT2D eigenvalue weighted by molar-refractivity contribution is 5.96. The molecular formula is C36H42FN7O12. The maximum Gasteiger partial charge on any atom is 0.303 e. The zero-order valence-corrected chi connectivity index (χ0v) is 29.8. The van der Waals surface area contributed by atoms with Crippen LogP contribution in [0.3, 0.4) is 0 Å². The molecule has 0 spiro atoms. The molecule has 2 aromatic carbocycles. The molecule has 19 nitrogen and oxygen atoms in total. The van der Waals surface area contributed by atoms with Gasteiger partial charge in [0.05, 0.1) is 13.0 Å². The van der Waals surface area contributed by atoms with Crippen LogP contribution in [0, 0.1) is 5.82 Å². The molecular weight excluding hydrogens is 741 g/mol. The lowest BCUT2D eigenvalue weighted by molar-refractivity contribution is -0.139. The smallest absolute Gasteiger partial charge is 0.303 e. The van der Waals surface area contributed by atoms with Gasteiger partial charge in [-0.25, -0.2) is 4.39 Å². The molecule has 56 heavy (non-hydrogen) atoms. The maximum atomic E-state index is 14.2. The van der Waals surface area contributed by atoms with Crippen LogP contribution in [0.25, 0.3) is 10.9 Å². The fourth-order valence-electron chi connectivity index (χ4n) is 5.50. The van der Waals surface area contributed by atoms with Crippen molar-refractivity contribution < 1.29 is 62.9 Å². The number of amides is 6. The van der Waals surface area contributed by atoms with E-state index in [0.717, 1.165) is 12.1 Å². The Kier molecular flexibility index (Phi) is 16.4. The third-order valence-corrected chi connectivity index (χ3v) is 8.31. The topological polar surface area (TPSA) is 316 Å². The fourth-order valence-corrected chi connectivity index (χ4v) is 5.50. The van der Waals surface area contributed by atoms with Crippen molar-refractivity contribution in [3.63, 3.8) is 0 Å². The quantitative estimate of drug-likeness (QED) is 0.0567. The molecule has 3 rings (SSSR count). The lowest BCUT2D eigenvalue weighted by Crippen LogP contribution is -2.58. The van der Waals surface area contributed by atoms with Gasteiger partial charge in [0, 0.05) is 49.2 Å². The normalized spacial score (nSPS) is 12.9. The Morgan fingerprint density at radius 2 is 1.23 bits per heavy atom. The number of halogens is 1. The Morgan fingerprint density at radius 1 is 0.643 bits per heavy atom. The molecule has 300 valence electrons. The summed E-state index contributed by atoms with van der Waals surface area (Å²) in [6.07, 6.45) is -1.79. The van der Waals surface area contributed by atoms with Crippen molar-refractivity contribution in [2.75, 3.05) is 6.54 Å². The number of fused-ring (bicyclic) bond motifs is 1. The first-order chi connectivity index (χ1) is 26.5. The number of para-hydroxylation sites is 1. The van der Waals surface area contributed by atoms with Crippen molar-refractivity contribution in [1.29, 1.82) is 0 Å². The lowest BCUT2D eigenvalue weighted by Gasteiger charge is -2.25. The summed E-state index contributed by atoms with van der Waals surface area (Å²) < 4.78 is 14.2. The van der Waals surface area contributed by atoms with Crippen LogP contribution in [-0.4, -0.2) is 104 Å². The van der Waals surface area contributed by atoms with Gasteiger partial charge in [-0.15, -0.1) is 0 Å².